The van der Waals surface area contributed by atoms with Gasteiger partial charge in [0.2, 0.25) is 0 Å². The van der Waals surface area contributed by atoms with Crippen LogP contribution in [0.5, 0.6) is 0 Å². The van der Waals surface area contributed by atoms with Crippen molar-refractivity contribution in [3.63, 3.8) is 0 Å². The molecule has 0 atom stereocenters. The first-order valence-electron chi connectivity index (χ1n) is 7.55. The fourth-order valence-corrected chi connectivity index (χ4v) is 3.17. The summed E-state index contributed by atoms with van der Waals surface area (Å²) in [6, 6.07) is 9.03. The van der Waals surface area contributed by atoms with Crippen molar-refractivity contribution in [2.75, 3.05) is 0 Å². The Balaban J connectivity index is 1.72. The molecule has 1 aromatic carbocycles. The molecular weight excluding hydrogens is 234 g/mol. The number of aryl methyl sites for hydroxylation is 1. The minimum Gasteiger partial charge on any atom is -0.461 e. The van der Waals surface area contributed by atoms with Gasteiger partial charge >= 0.3 is 0 Å². The van der Waals surface area contributed by atoms with Crippen LogP contribution in [-0.4, -0.2) is 6.04 Å². The zero-order valence-corrected chi connectivity index (χ0v) is 11.7. The lowest BCUT2D eigenvalue weighted by Crippen LogP contribution is -2.27. The van der Waals surface area contributed by atoms with Gasteiger partial charge in [-0.25, -0.2) is 0 Å². The molecule has 102 valence electrons. The second kappa shape index (κ2) is 5.79. The summed E-state index contributed by atoms with van der Waals surface area (Å²) in [4.78, 5) is 0. The standard InChI is InChI=1S/C17H23NO/c1-13-16(15-10-6-7-11-17(15)19-13)12-18-14-8-4-2-3-5-9-14/h6-7,10-11,14,18H,2-5,8-9,12H2,1H3. The molecule has 0 amide bonds. The molecule has 0 unspecified atom stereocenters. The third-order valence-corrected chi connectivity index (χ3v) is 4.32. The molecule has 2 nitrogen and oxygen atoms in total. The molecule has 0 spiro atoms. The Labute approximate surface area is 115 Å². The molecule has 1 heterocycles. The Hall–Kier alpha value is -1.28. The van der Waals surface area contributed by atoms with E-state index in [-0.39, 0.29) is 0 Å². The molecule has 0 saturated heterocycles. The zero-order chi connectivity index (χ0) is 13.1. The first kappa shape index (κ1) is 12.7. The molecule has 1 N–H and O–H groups in total. The summed E-state index contributed by atoms with van der Waals surface area (Å²) in [6.45, 7) is 3.01. The van der Waals surface area contributed by atoms with Crippen molar-refractivity contribution in [2.24, 2.45) is 0 Å². The Bertz CT molecular complexity index is 535. The summed E-state index contributed by atoms with van der Waals surface area (Å²) in [5.41, 5.74) is 2.34. The van der Waals surface area contributed by atoms with Gasteiger partial charge in [0.1, 0.15) is 11.3 Å². The zero-order valence-electron chi connectivity index (χ0n) is 11.7. The molecule has 0 radical (unpaired) electrons. The predicted molar refractivity (Wildman–Crippen MR) is 79.3 cm³/mol. The molecule has 1 aliphatic carbocycles. The van der Waals surface area contributed by atoms with E-state index in [9.17, 15) is 0 Å². The molecule has 3 rings (SSSR count). The number of rotatable bonds is 3. The number of para-hydroxylation sites is 1. The number of hydrogen-bond acceptors (Lipinski definition) is 2. The van der Waals surface area contributed by atoms with Crippen molar-refractivity contribution in [1.82, 2.24) is 5.32 Å². The van der Waals surface area contributed by atoms with Gasteiger partial charge in [0.15, 0.2) is 0 Å². The molecule has 1 aromatic heterocycles. The van der Waals surface area contributed by atoms with E-state index >= 15 is 0 Å². The third kappa shape index (κ3) is 2.84. The highest BCUT2D eigenvalue weighted by Gasteiger charge is 2.14. The van der Waals surface area contributed by atoms with Crippen LogP contribution in [0, 0.1) is 6.92 Å². The van der Waals surface area contributed by atoms with E-state index in [1.54, 1.807) is 0 Å². The molecule has 0 bridgehead atoms. The second-order valence-corrected chi connectivity index (χ2v) is 5.70. The van der Waals surface area contributed by atoms with Crippen LogP contribution in [-0.2, 0) is 6.54 Å². The maximum absolute atomic E-state index is 5.82. The monoisotopic (exact) mass is 257 g/mol. The highest BCUT2D eigenvalue weighted by Crippen LogP contribution is 2.25. The van der Waals surface area contributed by atoms with E-state index < -0.39 is 0 Å². The van der Waals surface area contributed by atoms with Gasteiger partial charge in [-0.1, -0.05) is 43.9 Å². The molecule has 2 heteroatoms. The lowest BCUT2D eigenvalue weighted by Gasteiger charge is -2.15. The van der Waals surface area contributed by atoms with Crippen LogP contribution >= 0.6 is 0 Å². The summed E-state index contributed by atoms with van der Waals surface area (Å²) in [5.74, 6) is 1.06. The number of fused-ring (bicyclic) bond motifs is 1. The van der Waals surface area contributed by atoms with Gasteiger partial charge in [0.25, 0.3) is 0 Å². The summed E-state index contributed by atoms with van der Waals surface area (Å²) in [6.07, 6.45) is 8.23. The van der Waals surface area contributed by atoms with Crippen molar-refractivity contribution >= 4 is 11.0 Å². The van der Waals surface area contributed by atoms with Gasteiger partial charge in [-0.3, -0.25) is 0 Å². The first-order chi connectivity index (χ1) is 9.34. The maximum Gasteiger partial charge on any atom is 0.134 e. The highest BCUT2D eigenvalue weighted by molar-refractivity contribution is 5.82. The van der Waals surface area contributed by atoms with Crippen LogP contribution in [0.25, 0.3) is 11.0 Å². The molecular formula is C17H23NO. The van der Waals surface area contributed by atoms with Gasteiger partial charge in [-0.05, 0) is 25.8 Å². The number of benzene rings is 1. The Kier molecular flexibility index (Phi) is 3.88. The molecule has 19 heavy (non-hydrogen) atoms. The van der Waals surface area contributed by atoms with Crippen LogP contribution in [0.15, 0.2) is 28.7 Å². The summed E-state index contributed by atoms with van der Waals surface area (Å²) >= 11 is 0. The molecule has 1 aliphatic rings. The lowest BCUT2D eigenvalue weighted by molar-refractivity contribution is 0.456. The van der Waals surface area contributed by atoms with Crippen molar-refractivity contribution in [3.05, 3.63) is 35.6 Å². The van der Waals surface area contributed by atoms with Crippen LogP contribution in [0.3, 0.4) is 0 Å². The maximum atomic E-state index is 5.82. The Morgan fingerprint density at radius 2 is 1.84 bits per heavy atom. The van der Waals surface area contributed by atoms with E-state index in [0.29, 0.717) is 6.04 Å². The first-order valence-corrected chi connectivity index (χ1v) is 7.55. The Morgan fingerprint density at radius 1 is 1.11 bits per heavy atom. The number of nitrogens with one attached hydrogen (secondary N) is 1. The molecule has 1 fully saturated rings. The molecule has 2 aromatic rings. The SMILES string of the molecule is Cc1oc2ccccc2c1CNC1CCCCCC1. The average Bonchev–Trinajstić information content (AvgIpc) is 2.61. The average molecular weight is 257 g/mol. The minimum atomic E-state index is 0.690. The van der Waals surface area contributed by atoms with Crippen LogP contribution < -0.4 is 5.32 Å². The van der Waals surface area contributed by atoms with Crippen molar-refractivity contribution in [3.8, 4) is 0 Å². The van der Waals surface area contributed by atoms with Crippen molar-refractivity contribution in [1.29, 1.82) is 0 Å². The van der Waals surface area contributed by atoms with Crippen LogP contribution in [0.2, 0.25) is 0 Å². The predicted octanol–water partition coefficient (Wildman–Crippen LogP) is 4.55. The minimum absolute atomic E-state index is 0.690. The van der Waals surface area contributed by atoms with E-state index in [1.165, 1.54) is 49.5 Å². The van der Waals surface area contributed by atoms with Crippen LogP contribution in [0.1, 0.15) is 49.8 Å². The molecule has 0 aliphatic heterocycles. The van der Waals surface area contributed by atoms with E-state index in [1.807, 2.05) is 6.07 Å². The van der Waals surface area contributed by atoms with E-state index in [4.69, 9.17) is 4.42 Å². The number of hydrogen-bond donors (Lipinski definition) is 1. The fourth-order valence-electron chi connectivity index (χ4n) is 3.17. The second-order valence-electron chi connectivity index (χ2n) is 5.70. The van der Waals surface area contributed by atoms with Gasteiger partial charge in [0, 0.05) is 23.5 Å². The van der Waals surface area contributed by atoms with Crippen LogP contribution in [0.4, 0.5) is 0 Å². The summed E-state index contributed by atoms with van der Waals surface area (Å²) < 4.78 is 5.82. The number of furan rings is 1. The van der Waals surface area contributed by atoms with Gasteiger partial charge in [-0.15, -0.1) is 0 Å². The van der Waals surface area contributed by atoms with Crippen molar-refractivity contribution in [2.45, 2.75) is 58.0 Å². The van der Waals surface area contributed by atoms with Crippen molar-refractivity contribution < 1.29 is 4.42 Å². The third-order valence-electron chi connectivity index (χ3n) is 4.32. The van der Waals surface area contributed by atoms with E-state index in [0.717, 1.165) is 17.9 Å². The van der Waals surface area contributed by atoms with Gasteiger partial charge in [-0.2, -0.15) is 0 Å². The van der Waals surface area contributed by atoms with Gasteiger partial charge < -0.3 is 9.73 Å². The summed E-state index contributed by atoms with van der Waals surface area (Å²) in [5, 5.41) is 5.00. The van der Waals surface area contributed by atoms with E-state index in [2.05, 4.69) is 30.4 Å². The largest absolute Gasteiger partial charge is 0.461 e. The van der Waals surface area contributed by atoms with Gasteiger partial charge in [0.05, 0.1) is 0 Å². The topological polar surface area (TPSA) is 25.2 Å². The quantitative estimate of drug-likeness (QED) is 0.816. The smallest absolute Gasteiger partial charge is 0.134 e. The fraction of sp³-hybridized carbons (Fsp3) is 0.529. The summed E-state index contributed by atoms with van der Waals surface area (Å²) in [7, 11) is 0. The Morgan fingerprint density at radius 3 is 2.63 bits per heavy atom. The lowest BCUT2D eigenvalue weighted by atomic mass is 10.1. The normalized spacial score (nSPS) is 17.7. The molecule has 1 saturated carbocycles. The highest BCUT2D eigenvalue weighted by atomic mass is 16.3.